The van der Waals surface area contributed by atoms with Gasteiger partial charge in [-0.1, -0.05) is 6.07 Å². The highest BCUT2D eigenvalue weighted by atomic mass is 16.5. The van der Waals surface area contributed by atoms with Crippen molar-refractivity contribution in [3.05, 3.63) is 65.3 Å². The maximum atomic E-state index is 9.76. The number of nitrogens with one attached hydrogen (secondary N) is 1. The van der Waals surface area contributed by atoms with Gasteiger partial charge in [0.15, 0.2) is 0 Å². The molecule has 128 valence electrons. The van der Waals surface area contributed by atoms with Crippen LogP contribution in [0.25, 0.3) is 0 Å². The number of rotatable bonds is 4. The Labute approximate surface area is 143 Å². The Morgan fingerprint density at radius 2 is 2.16 bits per heavy atom. The van der Waals surface area contributed by atoms with Gasteiger partial charge in [0, 0.05) is 24.8 Å². The van der Waals surface area contributed by atoms with Crippen molar-refractivity contribution in [1.82, 2.24) is 9.55 Å². The summed E-state index contributed by atoms with van der Waals surface area (Å²) in [6.45, 7) is 0.534. The summed E-state index contributed by atoms with van der Waals surface area (Å²) in [5, 5.41) is 27.4. The Hall–Kier alpha value is -3.06. The van der Waals surface area contributed by atoms with Crippen LogP contribution in [0.4, 0.5) is 0 Å². The van der Waals surface area contributed by atoms with E-state index < -0.39 is 0 Å². The number of aromatic hydroxyl groups is 1. The summed E-state index contributed by atoms with van der Waals surface area (Å²) in [5.74, 6) is 1.24. The van der Waals surface area contributed by atoms with Crippen LogP contribution in [0.2, 0.25) is 0 Å². The van der Waals surface area contributed by atoms with Gasteiger partial charge in [-0.15, -0.1) is 0 Å². The quantitative estimate of drug-likeness (QED) is 0.529. The Bertz CT molecular complexity index is 963. The van der Waals surface area contributed by atoms with Crippen LogP contribution < -0.4 is 10.2 Å². The number of fused-ring (bicyclic) bond motifs is 2. The fourth-order valence-electron chi connectivity index (χ4n) is 3.12. The van der Waals surface area contributed by atoms with Crippen molar-refractivity contribution >= 4 is 0 Å². The molecule has 1 atom stereocenters. The highest BCUT2D eigenvalue weighted by Gasteiger charge is 2.33. The molecule has 0 spiro atoms. The second-order valence-corrected chi connectivity index (χ2v) is 5.86. The van der Waals surface area contributed by atoms with E-state index in [1.165, 1.54) is 12.4 Å². The molecular weight excluding hydrogens is 322 g/mol. The molecule has 1 aromatic carbocycles. The Morgan fingerprint density at radius 1 is 1.28 bits per heavy atom. The molecule has 0 aliphatic carbocycles. The molecule has 3 heterocycles. The first-order valence-corrected chi connectivity index (χ1v) is 7.98. The SMILES string of the molecule is N=c1c2c(ncn1CCCO)Oc1cc(O)ccc1[C@@H]2c1ccco1. The number of hydrogen-bond donors (Lipinski definition) is 3. The first kappa shape index (κ1) is 15.5. The van der Waals surface area contributed by atoms with Crippen molar-refractivity contribution in [2.45, 2.75) is 18.9 Å². The van der Waals surface area contributed by atoms with E-state index in [2.05, 4.69) is 4.98 Å². The molecule has 1 aliphatic heterocycles. The lowest BCUT2D eigenvalue weighted by atomic mass is 9.87. The molecule has 3 aromatic rings. The third kappa shape index (κ3) is 2.58. The number of ether oxygens (including phenoxy) is 1. The van der Waals surface area contributed by atoms with E-state index in [-0.39, 0.29) is 23.8 Å². The summed E-state index contributed by atoms with van der Waals surface area (Å²) in [7, 11) is 0. The van der Waals surface area contributed by atoms with Gasteiger partial charge in [-0.2, -0.15) is 0 Å². The van der Waals surface area contributed by atoms with Gasteiger partial charge >= 0.3 is 0 Å². The first-order chi connectivity index (χ1) is 12.2. The Balaban J connectivity index is 1.92. The van der Waals surface area contributed by atoms with Crippen molar-refractivity contribution in [3.8, 4) is 17.4 Å². The summed E-state index contributed by atoms with van der Waals surface area (Å²) < 4.78 is 13.1. The molecule has 0 unspecified atom stereocenters. The van der Waals surface area contributed by atoms with Gasteiger partial charge < -0.3 is 23.9 Å². The van der Waals surface area contributed by atoms with E-state index >= 15 is 0 Å². The normalized spacial score (nSPS) is 15.3. The molecule has 7 heteroatoms. The van der Waals surface area contributed by atoms with Crippen molar-refractivity contribution in [3.63, 3.8) is 0 Å². The number of hydrogen-bond acceptors (Lipinski definition) is 6. The molecule has 0 radical (unpaired) electrons. The fraction of sp³-hybridized carbons (Fsp3) is 0.222. The van der Waals surface area contributed by atoms with Crippen molar-refractivity contribution in [2.24, 2.45) is 0 Å². The van der Waals surface area contributed by atoms with Crippen LogP contribution in [-0.4, -0.2) is 26.4 Å². The highest BCUT2D eigenvalue weighted by Crippen LogP contribution is 2.45. The van der Waals surface area contributed by atoms with E-state index in [1.54, 1.807) is 29.0 Å². The zero-order valence-electron chi connectivity index (χ0n) is 13.3. The predicted molar refractivity (Wildman–Crippen MR) is 87.6 cm³/mol. The van der Waals surface area contributed by atoms with Crippen LogP contribution in [0.3, 0.4) is 0 Å². The average Bonchev–Trinajstić information content (AvgIpc) is 3.13. The van der Waals surface area contributed by atoms with Gasteiger partial charge in [-0.05, 0) is 24.6 Å². The van der Waals surface area contributed by atoms with Gasteiger partial charge in [0.2, 0.25) is 5.88 Å². The number of aryl methyl sites for hydroxylation is 1. The highest BCUT2D eigenvalue weighted by molar-refractivity contribution is 5.55. The van der Waals surface area contributed by atoms with Gasteiger partial charge in [0.1, 0.15) is 29.1 Å². The van der Waals surface area contributed by atoms with Crippen LogP contribution in [-0.2, 0) is 6.54 Å². The molecule has 0 bridgehead atoms. The monoisotopic (exact) mass is 339 g/mol. The van der Waals surface area contributed by atoms with E-state index in [9.17, 15) is 5.11 Å². The molecule has 0 saturated heterocycles. The Kier molecular flexibility index (Phi) is 3.77. The number of aliphatic hydroxyl groups excluding tert-OH is 1. The predicted octanol–water partition coefficient (Wildman–Crippen LogP) is 2.33. The molecule has 0 amide bonds. The second kappa shape index (κ2) is 6.10. The lowest BCUT2D eigenvalue weighted by molar-refractivity contribution is 0.277. The lowest BCUT2D eigenvalue weighted by Gasteiger charge is -2.27. The maximum absolute atomic E-state index is 9.76. The minimum atomic E-state index is -0.351. The standard InChI is InChI=1S/C18H17N3O4/c19-17-16-15(13-3-1-8-24-13)12-5-4-11(23)9-14(12)25-18(16)20-10-21(17)6-2-7-22/h1,3-5,8-10,15,19,22-23H,2,6-7H2/t15-/m1/s1. The summed E-state index contributed by atoms with van der Waals surface area (Å²) in [6, 6.07) is 8.53. The van der Waals surface area contributed by atoms with Gasteiger partial charge in [0.05, 0.1) is 17.7 Å². The minimum Gasteiger partial charge on any atom is -0.508 e. The number of aromatic nitrogens is 2. The van der Waals surface area contributed by atoms with Gasteiger partial charge in [-0.25, -0.2) is 4.98 Å². The molecule has 2 aromatic heterocycles. The number of benzene rings is 1. The maximum Gasteiger partial charge on any atom is 0.228 e. The number of furan rings is 1. The molecule has 25 heavy (non-hydrogen) atoms. The Morgan fingerprint density at radius 3 is 2.92 bits per heavy atom. The summed E-state index contributed by atoms with van der Waals surface area (Å²) in [5.41, 5.74) is 1.67. The zero-order valence-corrected chi connectivity index (χ0v) is 13.3. The van der Waals surface area contributed by atoms with E-state index in [0.29, 0.717) is 35.9 Å². The summed E-state index contributed by atoms with van der Waals surface area (Å²) in [4.78, 5) is 4.34. The van der Waals surface area contributed by atoms with E-state index in [1.807, 2.05) is 6.07 Å². The van der Waals surface area contributed by atoms with E-state index in [0.717, 1.165) is 5.56 Å². The number of aliphatic hydroxyl groups is 1. The lowest BCUT2D eigenvalue weighted by Crippen LogP contribution is -2.30. The third-order valence-electron chi connectivity index (χ3n) is 4.28. The van der Waals surface area contributed by atoms with E-state index in [4.69, 9.17) is 19.7 Å². The van der Waals surface area contributed by atoms with Crippen molar-refractivity contribution in [2.75, 3.05) is 6.61 Å². The largest absolute Gasteiger partial charge is 0.508 e. The molecular formula is C18H17N3O4. The van der Waals surface area contributed by atoms with Gasteiger partial charge in [-0.3, -0.25) is 5.41 Å². The summed E-state index contributed by atoms with van der Waals surface area (Å²) >= 11 is 0. The number of phenolic OH excluding ortho intramolecular Hbond substituents is 1. The molecule has 0 fully saturated rings. The smallest absolute Gasteiger partial charge is 0.228 e. The second-order valence-electron chi connectivity index (χ2n) is 5.86. The van der Waals surface area contributed by atoms with Crippen LogP contribution in [0.1, 0.15) is 29.2 Å². The van der Waals surface area contributed by atoms with Crippen molar-refractivity contribution in [1.29, 1.82) is 5.41 Å². The molecule has 4 rings (SSSR count). The molecule has 1 aliphatic rings. The summed E-state index contributed by atoms with van der Waals surface area (Å²) in [6.07, 6.45) is 3.65. The van der Waals surface area contributed by atoms with Crippen LogP contribution in [0, 0.1) is 5.41 Å². The zero-order chi connectivity index (χ0) is 17.4. The molecule has 3 N–H and O–H groups in total. The fourth-order valence-corrected chi connectivity index (χ4v) is 3.12. The number of nitrogens with zero attached hydrogens (tertiary/aromatic N) is 2. The average molecular weight is 339 g/mol. The van der Waals surface area contributed by atoms with Crippen LogP contribution >= 0.6 is 0 Å². The number of phenols is 1. The molecule has 7 nitrogen and oxygen atoms in total. The molecule has 0 saturated carbocycles. The van der Waals surface area contributed by atoms with Gasteiger partial charge in [0.25, 0.3) is 0 Å². The van der Waals surface area contributed by atoms with Crippen LogP contribution in [0.5, 0.6) is 17.4 Å². The minimum absolute atomic E-state index is 0.0454. The van der Waals surface area contributed by atoms with Crippen molar-refractivity contribution < 1.29 is 19.4 Å². The van der Waals surface area contributed by atoms with Crippen LogP contribution in [0.15, 0.2) is 47.3 Å². The third-order valence-corrected chi connectivity index (χ3v) is 4.28. The topological polar surface area (TPSA) is 105 Å². The first-order valence-electron chi connectivity index (χ1n) is 7.98.